The molecule has 1 aliphatic rings. The van der Waals surface area contributed by atoms with Gasteiger partial charge >= 0.3 is 0 Å². The average Bonchev–Trinajstić information content (AvgIpc) is 3.00. The summed E-state index contributed by atoms with van der Waals surface area (Å²) in [7, 11) is 0. The quantitative estimate of drug-likeness (QED) is 0.593. The predicted molar refractivity (Wildman–Crippen MR) is 94.0 cm³/mol. The van der Waals surface area contributed by atoms with E-state index < -0.39 is 0 Å². The molecule has 1 aromatic rings. The maximum atomic E-state index is 13.9. The van der Waals surface area contributed by atoms with Gasteiger partial charge in [0.05, 0.1) is 18.8 Å². The molecule has 0 bridgehead atoms. The van der Waals surface area contributed by atoms with Gasteiger partial charge in [-0.3, -0.25) is 0 Å². The highest BCUT2D eigenvalue weighted by molar-refractivity contribution is 5.79. The van der Waals surface area contributed by atoms with Crippen LogP contribution in [0.3, 0.4) is 0 Å². The van der Waals surface area contributed by atoms with E-state index in [0.29, 0.717) is 25.7 Å². The number of hydrogen-bond acceptors (Lipinski definition) is 3. The van der Waals surface area contributed by atoms with Crippen LogP contribution in [0, 0.1) is 5.82 Å². The molecule has 1 saturated heterocycles. The second kappa shape index (κ2) is 8.87. The number of nitrogens with one attached hydrogen (secondary N) is 2. The maximum absolute atomic E-state index is 13.9. The number of guanidine groups is 1. The molecule has 1 fully saturated rings. The first-order chi connectivity index (χ1) is 11.6. The molecule has 134 valence electrons. The Bertz CT molecular complexity index is 557. The molecule has 0 amide bonds. The van der Waals surface area contributed by atoms with E-state index in [4.69, 9.17) is 9.47 Å². The zero-order valence-corrected chi connectivity index (χ0v) is 14.8. The minimum absolute atomic E-state index is 0.137. The minimum atomic E-state index is -0.352. The maximum Gasteiger partial charge on any atom is 0.191 e. The fourth-order valence-corrected chi connectivity index (χ4v) is 2.67. The summed E-state index contributed by atoms with van der Waals surface area (Å²) in [6.07, 6.45) is 2.14. The zero-order chi connectivity index (χ0) is 17.4. The van der Waals surface area contributed by atoms with Crippen LogP contribution in [-0.4, -0.2) is 37.9 Å². The topological polar surface area (TPSA) is 54.9 Å². The standard InChI is InChI=1S/C18H28FN3O2/c1-4-20-17(22-13-18(3)9-6-10-24-18)21-12-14-7-8-16(23-5-2)15(19)11-14/h7-8,11H,4-6,9-10,12-13H2,1-3H3,(H2,20,21,22). The van der Waals surface area contributed by atoms with E-state index in [9.17, 15) is 4.39 Å². The number of ether oxygens (including phenoxy) is 2. The Balaban J connectivity index is 1.95. The molecule has 2 N–H and O–H groups in total. The summed E-state index contributed by atoms with van der Waals surface area (Å²) in [6.45, 7) is 9.09. The van der Waals surface area contributed by atoms with Crippen LogP contribution in [0.2, 0.25) is 0 Å². The van der Waals surface area contributed by atoms with Gasteiger partial charge < -0.3 is 20.1 Å². The van der Waals surface area contributed by atoms with Gasteiger partial charge in [-0.25, -0.2) is 9.38 Å². The average molecular weight is 337 g/mol. The number of benzene rings is 1. The van der Waals surface area contributed by atoms with Crippen molar-refractivity contribution in [2.24, 2.45) is 4.99 Å². The summed E-state index contributed by atoms with van der Waals surface area (Å²) in [5, 5.41) is 6.52. The van der Waals surface area contributed by atoms with Gasteiger partial charge in [0.1, 0.15) is 0 Å². The molecule has 0 saturated carbocycles. The fourth-order valence-electron chi connectivity index (χ4n) is 2.67. The SMILES string of the molecule is CCNC(=NCc1ccc(OCC)c(F)c1)NCC1(C)CCCO1. The van der Waals surface area contributed by atoms with Gasteiger partial charge in [0.25, 0.3) is 0 Å². The molecule has 5 nitrogen and oxygen atoms in total. The lowest BCUT2D eigenvalue weighted by molar-refractivity contribution is 0.0243. The monoisotopic (exact) mass is 337 g/mol. The third-order valence-corrected chi connectivity index (χ3v) is 3.99. The van der Waals surface area contributed by atoms with Crippen molar-refractivity contribution in [3.63, 3.8) is 0 Å². The lowest BCUT2D eigenvalue weighted by Crippen LogP contribution is -2.45. The summed E-state index contributed by atoms with van der Waals surface area (Å²) < 4.78 is 24.9. The number of rotatable bonds is 7. The van der Waals surface area contributed by atoms with Crippen LogP contribution in [-0.2, 0) is 11.3 Å². The second-order valence-corrected chi connectivity index (χ2v) is 6.15. The summed E-state index contributed by atoms with van der Waals surface area (Å²) in [5.41, 5.74) is 0.665. The van der Waals surface area contributed by atoms with Crippen molar-refractivity contribution in [3.05, 3.63) is 29.6 Å². The Morgan fingerprint density at radius 3 is 2.83 bits per heavy atom. The van der Waals surface area contributed by atoms with Crippen molar-refractivity contribution in [2.45, 2.75) is 45.8 Å². The van der Waals surface area contributed by atoms with Gasteiger partial charge in [0.2, 0.25) is 0 Å². The first-order valence-electron chi connectivity index (χ1n) is 8.63. The molecule has 1 atom stereocenters. The van der Waals surface area contributed by atoms with Crippen molar-refractivity contribution >= 4 is 5.96 Å². The molecule has 0 aromatic heterocycles. The minimum Gasteiger partial charge on any atom is -0.491 e. The number of hydrogen-bond donors (Lipinski definition) is 2. The van der Waals surface area contributed by atoms with Crippen LogP contribution in [0.5, 0.6) is 5.75 Å². The number of aliphatic imine (C=N–C) groups is 1. The van der Waals surface area contributed by atoms with Gasteiger partial charge in [-0.05, 0) is 51.3 Å². The van der Waals surface area contributed by atoms with Crippen molar-refractivity contribution in [3.8, 4) is 5.75 Å². The van der Waals surface area contributed by atoms with Crippen molar-refractivity contribution in [2.75, 3.05) is 26.3 Å². The molecule has 0 radical (unpaired) electrons. The Labute approximate surface area is 143 Å². The Morgan fingerprint density at radius 1 is 1.38 bits per heavy atom. The van der Waals surface area contributed by atoms with Crippen molar-refractivity contribution < 1.29 is 13.9 Å². The molecule has 24 heavy (non-hydrogen) atoms. The van der Waals surface area contributed by atoms with Crippen LogP contribution < -0.4 is 15.4 Å². The molecule has 2 rings (SSSR count). The molecule has 0 spiro atoms. The van der Waals surface area contributed by atoms with E-state index >= 15 is 0 Å². The Kier molecular flexibility index (Phi) is 6.85. The molecular formula is C18H28FN3O2. The van der Waals surface area contributed by atoms with Crippen molar-refractivity contribution in [1.82, 2.24) is 10.6 Å². The van der Waals surface area contributed by atoms with Crippen LogP contribution in [0.4, 0.5) is 4.39 Å². The van der Waals surface area contributed by atoms with Gasteiger partial charge in [-0.1, -0.05) is 6.07 Å². The normalized spacial score (nSPS) is 20.9. The van der Waals surface area contributed by atoms with E-state index in [0.717, 1.165) is 31.6 Å². The molecule has 0 aliphatic carbocycles. The summed E-state index contributed by atoms with van der Waals surface area (Å²) in [5.74, 6) is 0.638. The fraction of sp³-hybridized carbons (Fsp3) is 0.611. The van der Waals surface area contributed by atoms with Crippen LogP contribution in [0.15, 0.2) is 23.2 Å². The predicted octanol–water partition coefficient (Wildman–Crippen LogP) is 2.85. The number of nitrogens with zero attached hydrogens (tertiary/aromatic N) is 1. The number of halogens is 1. The Morgan fingerprint density at radius 2 is 2.21 bits per heavy atom. The third-order valence-electron chi connectivity index (χ3n) is 3.99. The third kappa shape index (κ3) is 5.37. The molecule has 6 heteroatoms. The summed E-state index contributed by atoms with van der Waals surface area (Å²) in [6, 6.07) is 4.96. The molecule has 1 unspecified atom stereocenters. The molecule has 1 aromatic carbocycles. The largest absolute Gasteiger partial charge is 0.491 e. The lowest BCUT2D eigenvalue weighted by Gasteiger charge is -2.24. The van der Waals surface area contributed by atoms with E-state index in [2.05, 4.69) is 22.5 Å². The van der Waals surface area contributed by atoms with E-state index in [1.807, 2.05) is 19.9 Å². The first-order valence-corrected chi connectivity index (χ1v) is 8.63. The van der Waals surface area contributed by atoms with Crippen LogP contribution >= 0.6 is 0 Å². The second-order valence-electron chi connectivity index (χ2n) is 6.15. The Hall–Kier alpha value is -1.82. The molecular weight excluding hydrogens is 309 g/mol. The highest BCUT2D eigenvalue weighted by atomic mass is 19.1. The van der Waals surface area contributed by atoms with Gasteiger partial charge in [-0.15, -0.1) is 0 Å². The van der Waals surface area contributed by atoms with Gasteiger partial charge in [0, 0.05) is 19.7 Å². The van der Waals surface area contributed by atoms with Crippen molar-refractivity contribution in [1.29, 1.82) is 0 Å². The zero-order valence-electron chi connectivity index (χ0n) is 14.8. The van der Waals surface area contributed by atoms with E-state index in [-0.39, 0.29) is 17.2 Å². The van der Waals surface area contributed by atoms with E-state index in [1.165, 1.54) is 6.07 Å². The first kappa shape index (κ1) is 18.5. The highest BCUT2D eigenvalue weighted by Crippen LogP contribution is 2.23. The van der Waals surface area contributed by atoms with E-state index in [1.54, 1.807) is 6.07 Å². The highest BCUT2D eigenvalue weighted by Gasteiger charge is 2.29. The summed E-state index contributed by atoms with van der Waals surface area (Å²) in [4.78, 5) is 4.52. The van der Waals surface area contributed by atoms with Gasteiger partial charge in [-0.2, -0.15) is 0 Å². The molecule has 1 aliphatic heterocycles. The molecule has 1 heterocycles. The van der Waals surface area contributed by atoms with Crippen LogP contribution in [0.25, 0.3) is 0 Å². The lowest BCUT2D eigenvalue weighted by atomic mass is 10.0. The van der Waals surface area contributed by atoms with Crippen LogP contribution in [0.1, 0.15) is 39.2 Å². The van der Waals surface area contributed by atoms with Gasteiger partial charge in [0.15, 0.2) is 17.5 Å². The summed E-state index contributed by atoms with van der Waals surface area (Å²) >= 11 is 0. The smallest absolute Gasteiger partial charge is 0.191 e.